The largest absolute Gasteiger partial charge is 0.507 e. The van der Waals surface area contributed by atoms with E-state index in [2.05, 4.69) is 15.5 Å². The Morgan fingerprint density at radius 1 is 1.23 bits per heavy atom. The molecule has 1 atom stereocenters. The van der Waals surface area contributed by atoms with Crippen LogP contribution in [0.4, 0.5) is 0 Å². The number of ketones is 1. The molecule has 1 fully saturated rings. The predicted octanol–water partition coefficient (Wildman–Crippen LogP) is 3.24. The first kappa shape index (κ1) is 18.2. The number of carbonyl (C=O) groups is 2. The molecule has 0 saturated carbocycles. The van der Waals surface area contributed by atoms with Crippen LogP contribution in [0.5, 0.6) is 5.75 Å². The smallest absolute Gasteiger partial charge is 0.240 e. The molecule has 0 radical (unpaired) electrons. The van der Waals surface area contributed by atoms with E-state index in [-0.39, 0.29) is 23.9 Å². The van der Waals surface area contributed by atoms with E-state index in [1.165, 1.54) is 6.21 Å². The molecule has 0 unspecified atom stereocenters. The third kappa shape index (κ3) is 4.50. The summed E-state index contributed by atoms with van der Waals surface area (Å²) in [6.45, 7) is 0. The number of Topliss-reactive ketones (excluding diaryl/α,β-unsaturated/α-hetero) is 1. The zero-order valence-electron chi connectivity index (χ0n) is 13.4. The first-order valence-corrected chi connectivity index (χ1v) is 8.94. The summed E-state index contributed by atoms with van der Waals surface area (Å²) in [6, 6.07) is 13.2. The van der Waals surface area contributed by atoms with Crippen LogP contribution in [0.15, 0.2) is 58.7 Å². The van der Waals surface area contributed by atoms with E-state index in [1.54, 1.807) is 48.5 Å². The first-order chi connectivity index (χ1) is 12.5. The third-order valence-electron chi connectivity index (χ3n) is 3.60. The molecule has 1 aliphatic heterocycles. The molecule has 0 aromatic heterocycles. The van der Waals surface area contributed by atoms with Crippen molar-refractivity contribution < 1.29 is 14.7 Å². The molecule has 26 heavy (non-hydrogen) atoms. The number of rotatable bonds is 5. The molecule has 0 bridgehead atoms. The molecule has 1 aliphatic rings. The molecule has 1 saturated heterocycles. The highest BCUT2D eigenvalue weighted by atomic mass is 35.5. The van der Waals surface area contributed by atoms with Gasteiger partial charge in [0.25, 0.3) is 0 Å². The Hall–Kier alpha value is -2.64. The predicted molar refractivity (Wildman–Crippen MR) is 103 cm³/mol. The maximum atomic E-state index is 12.3. The molecule has 132 valence electrons. The van der Waals surface area contributed by atoms with Gasteiger partial charge in [0.2, 0.25) is 5.91 Å². The van der Waals surface area contributed by atoms with E-state index in [4.69, 9.17) is 11.6 Å². The van der Waals surface area contributed by atoms with Crippen molar-refractivity contribution in [3.05, 3.63) is 64.7 Å². The minimum atomic E-state index is -0.558. The van der Waals surface area contributed by atoms with Crippen LogP contribution in [0.2, 0.25) is 5.02 Å². The summed E-state index contributed by atoms with van der Waals surface area (Å²) in [7, 11) is 0. The van der Waals surface area contributed by atoms with E-state index >= 15 is 0 Å². The topological polar surface area (TPSA) is 91.1 Å². The number of amidine groups is 1. The van der Waals surface area contributed by atoms with Crippen molar-refractivity contribution in [3.63, 3.8) is 0 Å². The average Bonchev–Trinajstić information content (AvgIpc) is 2.96. The Labute approximate surface area is 159 Å². The highest BCUT2D eigenvalue weighted by molar-refractivity contribution is 8.15. The molecular formula is C18H14ClN3O3S. The van der Waals surface area contributed by atoms with Gasteiger partial charge in [-0.1, -0.05) is 35.5 Å². The van der Waals surface area contributed by atoms with Gasteiger partial charge in [-0.3, -0.25) is 9.59 Å². The second-order valence-electron chi connectivity index (χ2n) is 5.44. The number of thioether (sulfide) groups is 1. The van der Waals surface area contributed by atoms with Crippen molar-refractivity contribution in [1.29, 1.82) is 0 Å². The number of amides is 1. The lowest BCUT2D eigenvalue weighted by molar-refractivity contribution is -0.118. The lowest BCUT2D eigenvalue weighted by atomic mass is 10.1. The van der Waals surface area contributed by atoms with Crippen LogP contribution in [0.1, 0.15) is 22.3 Å². The standard InChI is InChI=1S/C18H14ClN3O3S/c19-13-7-5-11(6-8-13)15(24)9-16-17(25)21-18(26-16)22-20-10-12-3-1-2-4-14(12)23/h1-8,10,16,23H,9H2,(H,21,22,25)/b20-10+/t16-/m1/s1. The van der Waals surface area contributed by atoms with Crippen LogP contribution < -0.4 is 5.32 Å². The number of para-hydroxylation sites is 1. The highest BCUT2D eigenvalue weighted by Gasteiger charge is 2.32. The molecule has 2 aromatic rings. The zero-order chi connectivity index (χ0) is 18.5. The van der Waals surface area contributed by atoms with Crippen LogP contribution in [0.25, 0.3) is 0 Å². The average molecular weight is 388 g/mol. The van der Waals surface area contributed by atoms with Crippen molar-refractivity contribution in [2.75, 3.05) is 0 Å². The van der Waals surface area contributed by atoms with Gasteiger partial charge >= 0.3 is 0 Å². The molecule has 1 heterocycles. The fourth-order valence-corrected chi connectivity index (χ4v) is 3.30. The second-order valence-corrected chi connectivity index (χ2v) is 7.07. The van der Waals surface area contributed by atoms with Gasteiger partial charge in [-0.15, -0.1) is 5.10 Å². The molecule has 2 N–H and O–H groups in total. The number of benzene rings is 2. The molecule has 2 aromatic carbocycles. The van der Waals surface area contributed by atoms with Crippen LogP contribution in [0.3, 0.4) is 0 Å². The molecule has 0 spiro atoms. The number of hydrogen-bond donors (Lipinski definition) is 2. The number of phenolic OH excluding ortho intramolecular Hbond substituents is 1. The van der Waals surface area contributed by atoms with E-state index in [0.717, 1.165) is 11.8 Å². The quantitative estimate of drug-likeness (QED) is 0.468. The van der Waals surface area contributed by atoms with Crippen molar-refractivity contribution in [2.45, 2.75) is 11.7 Å². The first-order valence-electron chi connectivity index (χ1n) is 7.68. The molecule has 3 rings (SSSR count). The number of halogens is 1. The van der Waals surface area contributed by atoms with Gasteiger partial charge in [-0.2, -0.15) is 5.10 Å². The summed E-state index contributed by atoms with van der Waals surface area (Å²) >= 11 is 6.96. The molecule has 1 amide bonds. The SMILES string of the molecule is O=C(C[C@H]1S/C(=N/N=C/c2ccccc2O)NC1=O)c1ccc(Cl)cc1. The minimum Gasteiger partial charge on any atom is -0.507 e. The number of carbonyl (C=O) groups excluding carboxylic acids is 2. The molecule has 8 heteroatoms. The lowest BCUT2D eigenvalue weighted by Gasteiger charge is -2.04. The monoisotopic (exact) mass is 387 g/mol. The lowest BCUT2D eigenvalue weighted by Crippen LogP contribution is -2.26. The summed E-state index contributed by atoms with van der Waals surface area (Å²) in [4.78, 5) is 24.3. The number of hydrogen-bond acceptors (Lipinski definition) is 6. The Morgan fingerprint density at radius 3 is 2.69 bits per heavy atom. The number of phenols is 1. The fraction of sp³-hybridized carbons (Fsp3) is 0.111. The summed E-state index contributed by atoms with van der Waals surface area (Å²) in [5.74, 6) is -0.340. The molecule has 6 nitrogen and oxygen atoms in total. The van der Waals surface area contributed by atoms with E-state index in [0.29, 0.717) is 21.3 Å². The van der Waals surface area contributed by atoms with Crippen LogP contribution in [0, 0.1) is 0 Å². The van der Waals surface area contributed by atoms with Gasteiger partial charge in [-0.05, 0) is 36.4 Å². The number of nitrogens with zero attached hydrogens (tertiary/aromatic N) is 2. The van der Waals surface area contributed by atoms with Crippen molar-refractivity contribution in [3.8, 4) is 5.75 Å². The minimum absolute atomic E-state index is 0.0559. The van der Waals surface area contributed by atoms with Gasteiger partial charge in [-0.25, -0.2) is 0 Å². The fourth-order valence-electron chi connectivity index (χ4n) is 2.25. The van der Waals surface area contributed by atoms with Gasteiger partial charge in [0.05, 0.1) is 11.5 Å². The Morgan fingerprint density at radius 2 is 1.96 bits per heavy atom. The number of aromatic hydroxyl groups is 1. The van der Waals surface area contributed by atoms with Crippen LogP contribution >= 0.6 is 23.4 Å². The van der Waals surface area contributed by atoms with Gasteiger partial charge < -0.3 is 10.4 Å². The van der Waals surface area contributed by atoms with Crippen LogP contribution in [-0.4, -0.2) is 33.4 Å². The van der Waals surface area contributed by atoms with Crippen molar-refractivity contribution in [2.24, 2.45) is 10.2 Å². The van der Waals surface area contributed by atoms with E-state index in [9.17, 15) is 14.7 Å². The Balaban J connectivity index is 1.62. The van der Waals surface area contributed by atoms with Crippen LogP contribution in [-0.2, 0) is 4.79 Å². The summed E-state index contributed by atoms with van der Waals surface area (Å²) in [5, 5.41) is 20.3. The van der Waals surface area contributed by atoms with E-state index < -0.39 is 5.25 Å². The van der Waals surface area contributed by atoms with E-state index in [1.807, 2.05) is 0 Å². The molecular weight excluding hydrogens is 374 g/mol. The summed E-state index contributed by atoms with van der Waals surface area (Å²) in [5.41, 5.74) is 1.02. The van der Waals surface area contributed by atoms with Gasteiger partial charge in [0.15, 0.2) is 11.0 Å². The van der Waals surface area contributed by atoms with Gasteiger partial charge in [0.1, 0.15) is 5.75 Å². The third-order valence-corrected chi connectivity index (χ3v) is 4.92. The van der Waals surface area contributed by atoms with Gasteiger partial charge in [0, 0.05) is 22.6 Å². The zero-order valence-corrected chi connectivity index (χ0v) is 15.0. The normalized spacial score (nSPS) is 18.4. The van der Waals surface area contributed by atoms with Crippen molar-refractivity contribution >= 4 is 46.4 Å². The second kappa shape index (κ2) is 8.16. The maximum absolute atomic E-state index is 12.3. The molecule has 0 aliphatic carbocycles. The Bertz CT molecular complexity index is 897. The highest BCUT2D eigenvalue weighted by Crippen LogP contribution is 2.24. The van der Waals surface area contributed by atoms with Crippen molar-refractivity contribution in [1.82, 2.24) is 5.32 Å². The number of nitrogens with one attached hydrogen (secondary N) is 1. The summed E-state index contributed by atoms with van der Waals surface area (Å²) in [6.07, 6.45) is 1.45. The maximum Gasteiger partial charge on any atom is 0.240 e. The Kier molecular flexibility index (Phi) is 5.70. The summed E-state index contributed by atoms with van der Waals surface area (Å²) < 4.78 is 0.